The van der Waals surface area contributed by atoms with Gasteiger partial charge in [0.2, 0.25) is 0 Å². The van der Waals surface area contributed by atoms with Crippen LogP contribution < -0.4 is 5.32 Å². The maximum absolute atomic E-state index is 12.6. The molecule has 0 radical (unpaired) electrons. The van der Waals surface area contributed by atoms with Gasteiger partial charge in [-0.2, -0.15) is 5.26 Å². The number of amides is 1. The van der Waals surface area contributed by atoms with E-state index in [0.29, 0.717) is 0 Å². The molecule has 0 aliphatic heterocycles. The summed E-state index contributed by atoms with van der Waals surface area (Å²) in [5.41, 5.74) is 8.64. The highest BCUT2D eigenvalue weighted by atomic mass is 16.1. The van der Waals surface area contributed by atoms with Crippen LogP contribution in [0.15, 0.2) is 66.2 Å². The lowest BCUT2D eigenvalue weighted by atomic mass is 9.99. The van der Waals surface area contributed by atoms with Gasteiger partial charge < -0.3 is 5.32 Å². The number of anilines is 1. The van der Waals surface area contributed by atoms with Crippen molar-refractivity contribution in [3.05, 3.63) is 105 Å². The van der Waals surface area contributed by atoms with Gasteiger partial charge in [-0.05, 0) is 74.1 Å². The molecule has 3 rings (SSSR count). The van der Waals surface area contributed by atoms with Gasteiger partial charge in [-0.25, -0.2) is 0 Å². The Balaban J connectivity index is 1.75. The van der Waals surface area contributed by atoms with E-state index in [1.54, 1.807) is 6.08 Å². The second-order valence-corrected chi connectivity index (χ2v) is 7.86. The standard InChI is InChI=1S/C27H26N2O/c1-18-5-6-21(4)26(14-18)29-27(30)25(17-28)16-23-9-7-22(8-10-23)15-24-12-19(2)11-20(3)13-24/h5-14,16H,15H2,1-4H3,(H,29,30)/b25-16+. The summed E-state index contributed by atoms with van der Waals surface area (Å²) in [6, 6.07) is 22.4. The van der Waals surface area contributed by atoms with Crippen molar-refractivity contribution in [3.8, 4) is 6.07 Å². The average Bonchev–Trinajstić information content (AvgIpc) is 2.69. The van der Waals surface area contributed by atoms with Crippen LogP contribution in [0.4, 0.5) is 5.69 Å². The van der Waals surface area contributed by atoms with Crippen molar-refractivity contribution in [2.75, 3.05) is 5.32 Å². The van der Waals surface area contributed by atoms with Crippen LogP contribution in [0.5, 0.6) is 0 Å². The minimum absolute atomic E-state index is 0.0814. The molecule has 30 heavy (non-hydrogen) atoms. The normalized spacial score (nSPS) is 11.1. The number of nitrogens with one attached hydrogen (secondary N) is 1. The monoisotopic (exact) mass is 394 g/mol. The van der Waals surface area contributed by atoms with Crippen molar-refractivity contribution in [2.45, 2.75) is 34.1 Å². The topological polar surface area (TPSA) is 52.9 Å². The number of carbonyl (C=O) groups is 1. The molecule has 0 saturated carbocycles. The number of nitriles is 1. The van der Waals surface area contributed by atoms with E-state index in [1.165, 1.54) is 22.3 Å². The van der Waals surface area contributed by atoms with Crippen LogP contribution in [0.25, 0.3) is 6.08 Å². The molecule has 0 bridgehead atoms. The summed E-state index contributed by atoms with van der Waals surface area (Å²) in [4.78, 5) is 12.6. The second-order valence-electron chi connectivity index (χ2n) is 7.86. The fraction of sp³-hybridized carbons (Fsp3) is 0.185. The van der Waals surface area contributed by atoms with Crippen LogP contribution in [0.2, 0.25) is 0 Å². The first-order chi connectivity index (χ1) is 14.3. The van der Waals surface area contributed by atoms with E-state index in [1.807, 2.05) is 62.4 Å². The lowest BCUT2D eigenvalue weighted by Crippen LogP contribution is -2.14. The van der Waals surface area contributed by atoms with E-state index in [9.17, 15) is 10.1 Å². The summed E-state index contributed by atoms with van der Waals surface area (Å²) in [6.07, 6.45) is 2.48. The van der Waals surface area contributed by atoms with E-state index in [0.717, 1.165) is 28.8 Å². The van der Waals surface area contributed by atoms with Crippen LogP contribution in [0.1, 0.15) is 38.9 Å². The molecule has 3 heteroatoms. The van der Waals surface area contributed by atoms with Gasteiger partial charge in [0.15, 0.2) is 0 Å². The second kappa shape index (κ2) is 9.24. The molecule has 0 spiro atoms. The SMILES string of the molecule is Cc1cc(C)cc(Cc2ccc(/C=C(\C#N)C(=O)Nc3cc(C)ccc3C)cc2)c1. The largest absolute Gasteiger partial charge is 0.321 e. The highest BCUT2D eigenvalue weighted by molar-refractivity contribution is 6.10. The molecule has 3 nitrogen and oxygen atoms in total. The van der Waals surface area contributed by atoms with Crippen molar-refractivity contribution in [1.29, 1.82) is 5.26 Å². The lowest BCUT2D eigenvalue weighted by Gasteiger charge is -2.09. The Labute approximate surface area is 178 Å². The van der Waals surface area contributed by atoms with E-state index in [4.69, 9.17) is 0 Å². The smallest absolute Gasteiger partial charge is 0.266 e. The number of rotatable bonds is 5. The summed E-state index contributed by atoms with van der Waals surface area (Å²) in [5.74, 6) is -0.398. The maximum atomic E-state index is 12.6. The highest BCUT2D eigenvalue weighted by Crippen LogP contribution is 2.19. The van der Waals surface area contributed by atoms with Crippen LogP contribution in [0, 0.1) is 39.0 Å². The summed E-state index contributed by atoms with van der Waals surface area (Å²) in [6.45, 7) is 8.11. The summed E-state index contributed by atoms with van der Waals surface area (Å²) < 4.78 is 0. The number of hydrogen-bond donors (Lipinski definition) is 1. The Hall–Kier alpha value is -3.64. The van der Waals surface area contributed by atoms with E-state index in [2.05, 4.69) is 37.4 Å². The van der Waals surface area contributed by atoms with Crippen molar-refractivity contribution >= 4 is 17.7 Å². The Morgan fingerprint density at radius 3 is 2.17 bits per heavy atom. The third-order valence-corrected chi connectivity index (χ3v) is 4.99. The Kier molecular flexibility index (Phi) is 6.49. The summed E-state index contributed by atoms with van der Waals surface area (Å²) in [5, 5.41) is 12.3. The van der Waals surface area contributed by atoms with Gasteiger partial charge in [0.25, 0.3) is 5.91 Å². The van der Waals surface area contributed by atoms with Gasteiger partial charge in [0, 0.05) is 5.69 Å². The highest BCUT2D eigenvalue weighted by Gasteiger charge is 2.11. The molecule has 0 heterocycles. The fourth-order valence-corrected chi connectivity index (χ4v) is 3.51. The summed E-state index contributed by atoms with van der Waals surface area (Å²) in [7, 11) is 0. The Bertz CT molecular complexity index is 1130. The molecule has 0 aliphatic rings. The first-order valence-corrected chi connectivity index (χ1v) is 10.0. The Morgan fingerprint density at radius 1 is 0.867 bits per heavy atom. The predicted octanol–water partition coefficient (Wildman–Crippen LogP) is 6.06. The van der Waals surface area contributed by atoms with Gasteiger partial charge >= 0.3 is 0 Å². The quantitative estimate of drug-likeness (QED) is 0.423. The molecule has 150 valence electrons. The third kappa shape index (κ3) is 5.46. The van der Waals surface area contributed by atoms with E-state index in [-0.39, 0.29) is 5.57 Å². The van der Waals surface area contributed by atoms with Crippen LogP contribution in [-0.4, -0.2) is 5.91 Å². The lowest BCUT2D eigenvalue weighted by molar-refractivity contribution is -0.112. The average molecular weight is 395 g/mol. The number of carbonyl (C=O) groups excluding carboxylic acids is 1. The minimum atomic E-state index is -0.398. The Morgan fingerprint density at radius 2 is 1.53 bits per heavy atom. The van der Waals surface area contributed by atoms with E-state index >= 15 is 0 Å². The van der Waals surface area contributed by atoms with Crippen molar-refractivity contribution in [2.24, 2.45) is 0 Å². The zero-order valence-electron chi connectivity index (χ0n) is 17.9. The van der Waals surface area contributed by atoms with Gasteiger partial charge in [0.05, 0.1) is 0 Å². The molecule has 0 saturated heterocycles. The van der Waals surface area contributed by atoms with Gasteiger partial charge in [-0.1, -0.05) is 65.7 Å². The van der Waals surface area contributed by atoms with Crippen LogP contribution in [0.3, 0.4) is 0 Å². The van der Waals surface area contributed by atoms with Gasteiger partial charge in [0.1, 0.15) is 11.6 Å². The van der Waals surface area contributed by atoms with Crippen molar-refractivity contribution < 1.29 is 4.79 Å². The third-order valence-electron chi connectivity index (χ3n) is 4.99. The number of nitrogens with zero attached hydrogens (tertiary/aromatic N) is 1. The van der Waals surface area contributed by atoms with Gasteiger partial charge in [-0.3, -0.25) is 4.79 Å². The molecule has 0 aromatic heterocycles. The number of aryl methyl sites for hydroxylation is 4. The molecule has 0 unspecified atom stereocenters. The maximum Gasteiger partial charge on any atom is 0.266 e. The molecule has 3 aromatic carbocycles. The van der Waals surface area contributed by atoms with Crippen LogP contribution in [-0.2, 0) is 11.2 Å². The van der Waals surface area contributed by atoms with E-state index < -0.39 is 5.91 Å². The molecular formula is C27H26N2O. The van der Waals surface area contributed by atoms with Crippen molar-refractivity contribution in [1.82, 2.24) is 0 Å². The number of hydrogen-bond acceptors (Lipinski definition) is 2. The molecule has 0 fully saturated rings. The molecule has 3 aromatic rings. The zero-order valence-corrected chi connectivity index (χ0v) is 17.9. The number of benzene rings is 3. The first kappa shape index (κ1) is 21.1. The fourth-order valence-electron chi connectivity index (χ4n) is 3.51. The molecule has 1 N–H and O–H groups in total. The van der Waals surface area contributed by atoms with Gasteiger partial charge in [-0.15, -0.1) is 0 Å². The van der Waals surface area contributed by atoms with Crippen LogP contribution >= 0.6 is 0 Å². The molecular weight excluding hydrogens is 368 g/mol. The zero-order chi connectivity index (χ0) is 21.7. The van der Waals surface area contributed by atoms with Crippen molar-refractivity contribution in [3.63, 3.8) is 0 Å². The first-order valence-electron chi connectivity index (χ1n) is 10.0. The molecule has 1 amide bonds. The molecule has 0 atom stereocenters. The molecule has 0 aliphatic carbocycles. The minimum Gasteiger partial charge on any atom is -0.321 e. The summed E-state index contributed by atoms with van der Waals surface area (Å²) >= 11 is 0. The predicted molar refractivity (Wildman–Crippen MR) is 123 cm³/mol.